The van der Waals surface area contributed by atoms with Crippen molar-refractivity contribution in [1.29, 1.82) is 0 Å². The van der Waals surface area contributed by atoms with E-state index < -0.39 is 0 Å². The molecule has 2 heteroatoms. The fourth-order valence-corrected chi connectivity index (χ4v) is 5.01. The first kappa shape index (κ1) is 17.7. The van der Waals surface area contributed by atoms with Gasteiger partial charge >= 0.3 is 0 Å². The number of hydrogen-bond acceptors (Lipinski definition) is 2. The molecule has 0 amide bonds. The topological polar surface area (TPSA) is 12.9 Å². The molecule has 0 radical (unpaired) electrons. The van der Waals surface area contributed by atoms with Crippen molar-refractivity contribution in [2.24, 2.45) is 0 Å². The van der Waals surface area contributed by atoms with Gasteiger partial charge in [0.25, 0.3) is 0 Å². The smallest absolute Gasteiger partial charge is 0.124 e. The van der Waals surface area contributed by atoms with Gasteiger partial charge in [-0.1, -0.05) is 66.7 Å². The summed E-state index contributed by atoms with van der Waals surface area (Å²) in [5.74, 6) is 0. The van der Waals surface area contributed by atoms with Crippen LogP contribution in [0.2, 0.25) is 0 Å². The summed E-state index contributed by atoms with van der Waals surface area (Å²) in [6.45, 7) is 8.69. The van der Waals surface area contributed by atoms with E-state index in [0.717, 1.165) is 10.7 Å². The normalized spacial score (nSPS) is 11.0. The number of benzene rings is 3. The Bertz CT molecular complexity index is 1080. The molecular weight excluding hydrogens is 346 g/mol. The standard InChI is InChI=1S/C25H23NS/c1-16-10-8-9-13-22(16)25-26-19(4)24(27-25)23-17(2)14-21(15-18(23)3)20-11-6-5-7-12-20/h5-15H,1-4H3. The average molecular weight is 370 g/mol. The molecule has 0 aliphatic heterocycles. The number of rotatable bonds is 3. The van der Waals surface area contributed by atoms with Crippen molar-refractivity contribution in [3.05, 3.63) is 89.1 Å². The molecule has 0 saturated heterocycles. The molecule has 0 unspecified atom stereocenters. The molecule has 0 bridgehead atoms. The van der Waals surface area contributed by atoms with Gasteiger partial charge < -0.3 is 0 Å². The van der Waals surface area contributed by atoms with Gasteiger partial charge in [0, 0.05) is 5.56 Å². The van der Waals surface area contributed by atoms with Crippen LogP contribution in [0, 0.1) is 27.7 Å². The lowest BCUT2D eigenvalue weighted by molar-refractivity contribution is 1.25. The van der Waals surface area contributed by atoms with Crippen LogP contribution in [-0.2, 0) is 0 Å². The highest BCUT2D eigenvalue weighted by atomic mass is 32.1. The average Bonchev–Trinajstić information content (AvgIpc) is 3.03. The SMILES string of the molecule is Cc1ccccc1-c1nc(C)c(-c2c(C)cc(-c3ccccc3)cc2C)s1. The number of thiazole rings is 1. The molecule has 0 aliphatic rings. The van der Waals surface area contributed by atoms with Gasteiger partial charge in [0.1, 0.15) is 5.01 Å². The van der Waals surface area contributed by atoms with E-state index in [4.69, 9.17) is 4.98 Å². The molecule has 0 aliphatic carbocycles. The third-order valence-electron chi connectivity index (χ3n) is 5.04. The Morgan fingerprint density at radius 3 is 1.96 bits per heavy atom. The molecule has 0 atom stereocenters. The summed E-state index contributed by atoms with van der Waals surface area (Å²) < 4.78 is 0. The maximum Gasteiger partial charge on any atom is 0.124 e. The summed E-state index contributed by atoms with van der Waals surface area (Å²) in [6, 6.07) is 23.7. The number of nitrogens with zero attached hydrogens (tertiary/aromatic N) is 1. The van der Waals surface area contributed by atoms with Crippen LogP contribution in [0.3, 0.4) is 0 Å². The van der Waals surface area contributed by atoms with Crippen molar-refractivity contribution in [2.45, 2.75) is 27.7 Å². The van der Waals surface area contributed by atoms with E-state index in [-0.39, 0.29) is 0 Å². The van der Waals surface area contributed by atoms with Gasteiger partial charge in [0.2, 0.25) is 0 Å². The molecule has 1 heterocycles. The fraction of sp³-hybridized carbons (Fsp3) is 0.160. The highest BCUT2D eigenvalue weighted by molar-refractivity contribution is 7.18. The third kappa shape index (κ3) is 3.33. The van der Waals surface area contributed by atoms with Crippen LogP contribution >= 0.6 is 11.3 Å². The third-order valence-corrected chi connectivity index (χ3v) is 6.25. The minimum atomic E-state index is 1.10. The minimum absolute atomic E-state index is 1.10. The molecule has 0 spiro atoms. The molecular formula is C25H23NS. The Morgan fingerprint density at radius 1 is 0.667 bits per heavy atom. The molecule has 4 rings (SSSR count). The van der Waals surface area contributed by atoms with Crippen LogP contribution in [0.4, 0.5) is 0 Å². The monoisotopic (exact) mass is 369 g/mol. The molecule has 3 aromatic carbocycles. The Labute approximate surface area is 165 Å². The maximum absolute atomic E-state index is 4.90. The Balaban J connectivity index is 1.82. The van der Waals surface area contributed by atoms with Crippen molar-refractivity contribution in [3.8, 4) is 32.1 Å². The summed E-state index contributed by atoms with van der Waals surface area (Å²) in [5, 5.41) is 1.10. The van der Waals surface area contributed by atoms with E-state index in [1.54, 1.807) is 11.3 Å². The van der Waals surface area contributed by atoms with Crippen molar-refractivity contribution in [3.63, 3.8) is 0 Å². The Morgan fingerprint density at radius 2 is 1.30 bits per heavy atom. The van der Waals surface area contributed by atoms with E-state index in [2.05, 4.69) is 94.4 Å². The van der Waals surface area contributed by atoms with Gasteiger partial charge in [0.15, 0.2) is 0 Å². The molecule has 4 aromatic rings. The summed E-state index contributed by atoms with van der Waals surface area (Å²) >= 11 is 1.80. The number of aromatic nitrogens is 1. The minimum Gasteiger partial charge on any atom is -0.241 e. The lowest BCUT2D eigenvalue weighted by Crippen LogP contribution is -1.90. The van der Waals surface area contributed by atoms with Crippen molar-refractivity contribution in [1.82, 2.24) is 4.98 Å². The zero-order valence-electron chi connectivity index (χ0n) is 16.2. The van der Waals surface area contributed by atoms with E-state index in [9.17, 15) is 0 Å². The summed E-state index contributed by atoms with van der Waals surface area (Å²) in [7, 11) is 0. The lowest BCUT2D eigenvalue weighted by Gasteiger charge is -2.12. The highest BCUT2D eigenvalue weighted by Gasteiger charge is 2.17. The second kappa shape index (κ2) is 7.13. The second-order valence-electron chi connectivity index (χ2n) is 7.10. The number of hydrogen-bond donors (Lipinski definition) is 0. The first-order valence-corrected chi connectivity index (χ1v) is 10.1. The van der Waals surface area contributed by atoms with Gasteiger partial charge in [-0.3, -0.25) is 0 Å². The highest BCUT2D eigenvalue weighted by Crippen LogP contribution is 2.40. The molecule has 0 N–H and O–H groups in total. The molecule has 134 valence electrons. The summed E-state index contributed by atoms with van der Waals surface area (Å²) in [4.78, 5) is 6.18. The van der Waals surface area contributed by atoms with Crippen molar-refractivity contribution >= 4 is 11.3 Å². The predicted octanol–water partition coefficient (Wildman–Crippen LogP) is 7.38. The molecule has 27 heavy (non-hydrogen) atoms. The van der Waals surface area contributed by atoms with Crippen LogP contribution < -0.4 is 0 Å². The van der Waals surface area contributed by atoms with Gasteiger partial charge in [-0.05, 0) is 61.1 Å². The van der Waals surface area contributed by atoms with Crippen LogP contribution in [0.5, 0.6) is 0 Å². The van der Waals surface area contributed by atoms with Crippen molar-refractivity contribution in [2.75, 3.05) is 0 Å². The first-order valence-electron chi connectivity index (χ1n) is 9.25. The van der Waals surface area contributed by atoms with Crippen LogP contribution in [0.1, 0.15) is 22.4 Å². The first-order chi connectivity index (χ1) is 13.0. The molecule has 1 nitrogen and oxygen atoms in total. The van der Waals surface area contributed by atoms with Crippen LogP contribution in [0.15, 0.2) is 66.7 Å². The van der Waals surface area contributed by atoms with Crippen LogP contribution in [-0.4, -0.2) is 4.98 Å². The molecule has 0 saturated carbocycles. The van der Waals surface area contributed by atoms with Gasteiger partial charge in [-0.25, -0.2) is 4.98 Å². The molecule has 0 fully saturated rings. The van der Waals surface area contributed by atoms with E-state index in [1.807, 2.05) is 0 Å². The van der Waals surface area contributed by atoms with Crippen molar-refractivity contribution < 1.29 is 0 Å². The fourth-order valence-electron chi connectivity index (χ4n) is 3.68. The molecule has 1 aromatic heterocycles. The van der Waals surface area contributed by atoms with Crippen LogP contribution in [0.25, 0.3) is 32.1 Å². The maximum atomic E-state index is 4.90. The Hall–Kier alpha value is -2.71. The number of aryl methyl sites for hydroxylation is 4. The summed E-state index contributed by atoms with van der Waals surface area (Å²) in [6.07, 6.45) is 0. The zero-order chi connectivity index (χ0) is 19.0. The summed E-state index contributed by atoms with van der Waals surface area (Å²) in [5.41, 5.74) is 10.1. The Kier molecular flexibility index (Phi) is 4.67. The van der Waals surface area contributed by atoms with E-state index >= 15 is 0 Å². The quantitative estimate of drug-likeness (QED) is 0.367. The zero-order valence-corrected chi connectivity index (χ0v) is 17.0. The lowest BCUT2D eigenvalue weighted by atomic mass is 9.94. The van der Waals surface area contributed by atoms with E-state index in [1.165, 1.54) is 43.8 Å². The van der Waals surface area contributed by atoms with Gasteiger partial charge in [-0.15, -0.1) is 11.3 Å². The van der Waals surface area contributed by atoms with E-state index in [0.29, 0.717) is 0 Å². The second-order valence-corrected chi connectivity index (χ2v) is 8.10. The van der Waals surface area contributed by atoms with Gasteiger partial charge in [0.05, 0.1) is 10.6 Å². The predicted molar refractivity (Wildman–Crippen MR) is 117 cm³/mol. The van der Waals surface area contributed by atoms with Gasteiger partial charge in [-0.2, -0.15) is 0 Å². The largest absolute Gasteiger partial charge is 0.241 e.